The Morgan fingerprint density at radius 1 is 1.03 bits per heavy atom. The molecule has 2 aromatic rings. The summed E-state index contributed by atoms with van der Waals surface area (Å²) in [4.78, 5) is 27.7. The molecule has 0 heterocycles. The highest BCUT2D eigenvalue weighted by Crippen LogP contribution is 2.24. The summed E-state index contributed by atoms with van der Waals surface area (Å²) in [7, 11) is -2.16. The monoisotopic (exact) mass is 541 g/mol. The molecular formula is C25H33Cl2N3O4S. The van der Waals surface area contributed by atoms with E-state index >= 15 is 0 Å². The largest absolute Gasteiger partial charge is 0.352 e. The minimum Gasteiger partial charge on any atom is -0.352 e. The van der Waals surface area contributed by atoms with E-state index in [2.05, 4.69) is 5.32 Å². The third kappa shape index (κ3) is 8.20. The molecule has 2 atom stereocenters. The fraction of sp³-hybridized carbons (Fsp3) is 0.440. The zero-order valence-electron chi connectivity index (χ0n) is 20.5. The molecule has 0 saturated carbocycles. The minimum atomic E-state index is -3.64. The molecule has 0 aliphatic heterocycles. The van der Waals surface area contributed by atoms with Gasteiger partial charge in [-0.3, -0.25) is 9.59 Å². The van der Waals surface area contributed by atoms with Crippen molar-refractivity contribution < 1.29 is 18.0 Å². The van der Waals surface area contributed by atoms with Gasteiger partial charge in [0.15, 0.2) is 0 Å². The van der Waals surface area contributed by atoms with Crippen molar-refractivity contribution in [1.29, 1.82) is 0 Å². The number of sulfonamides is 1. The lowest BCUT2D eigenvalue weighted by Gasteiger charge is -2.30. The second-order valence-electron chi connectivity index (χ2n) is 8.51. The molecule has 0 spiro atoms. The third-order valence-corrected chi connectivity index (χ3v) is 8.43. The number of nitrogens with one attached hydrogen (secondary N) is 1. The van der Waals surface area contributed by atoms with Gasteiger partial charge in [-0.25, -0.2) is 12.7 Å². The van der Waals surface area contributed by atoms with Crippen LogP contribution >= 0.6 is 23.2 Å². The maximum Gasteiger partial charge on any atom is 0.242 e. The molecule has 0 aliphatic rings. The summed E-state index contributed by atoms with van der Waals surface area (Å²) in [6, 6.07) is 12.5. The Bertz CT molecular complexity index is 1110. The number of halogens is 2. The van der Waals surface area contributed by atoms with Crippen molar-refractivity contribution in [1.82, 2.24) is 14.5 Å². The van der Waals surface area contributed by atoms with Gasteiger partial charge in [0.25, 0.3) is 0 Å². The quantitative estimate of drug-likeness (QED) is 0.420. The number of hydrogen-bond donors (Lipinski definition) is 1. The van der Waals surface area contributed by atoms with Crippen LogP contribution in [0.25, 0.3) is 0 Å². The molecule has 35 heavy (non-hydrogen) atoms. The number of carbonyl (C=O) groups excluding carboxylic acids is 2. The van der Waals surface area contributed by atoms with Crippen LogP contribution in [0.4, 0.5) is 0 Å². The van der Waals surface area contributed by atoms with Crippen molar-refractivity contribution in [3.8, 4) is 0 Å². The Kier molecular flexibility index (Phi) is 11.0. The molecule has 0 aliphatic carbocycles. The lowest BCUT2D eigenvalue weighted by Crippen LogP contribution is -2.49. The SMILES string of the molecule is CC[C@@H](C)NC(=O)[C@H](C)N(Cc1ccc(Cl)c(Cl)c1)C(=O)CCCN(C)S(=O)(=O)c1ccccc1. The Morgan fingerprint density at radius 2 is 1.69 bits per heavy atom. The molecule has 2 rings (SSSR count). The number of rotatable bonds is 12. The topological polar surface area (TPSA) is 86.8 Å². The van der Waals surface area contributed by atoms with Crippen molar-refractivity contribution in [3.63, 3.8) is 0 Å². The van der Waals surface area contributed by atoms with E-state index in [0.29, 0.717) is 16.5 Å². The third-order valence-electron chi connectivity index (χ3n) is 5.82. The number of benzene rings is 2. The molecule has 7 nitrogen and oxygen atoms in total. The van der Waals surface area contributed by atoms with Crippen molar-refractivity contribution in [3.05, 3.63) is 64.1 Å². The molecule has 2 amide bonds. The van der Waals surface area contributed by atoms with Crippen LogP contribution < -0.4 is 5.32 Å². The van der Waals surface area contributed by atoms with Gasteiger partial charge >= 0.3 is 0 Å². The fourth-order valence-electron chi connectivity index (χ4n) is 3.37. The van der Waals surface area contributed by atoms with E-state index in [9.17, 15) is 18.0 Å². The summed E-state index contributed by atoms with van der Waals surface area (Å²) in [5.74, 6) is -0.509. The van der Waals surface area contributed by atoms with Gasteiger partial charge in [-0.05, 0) is 56.5 Å². The second-order valence-corrected chi connectivity index (χ2v) is 11.4. The van der Waals surface area contributed by atoms with Gasteiger partial charge in [-0.2, -0.15) is 0 Å². The highest BCUT2D eigenvalue weighted by Gasteiger charge is 2.27. The first-order chi connectivity index (χ1) is 16.5. The lowest BCUT2D eigenvalue weighted by atomic mass is 10.1. The van der Waals surface area contributed by atoms with Crippen LogP contribution in [0, 0.1) is 0 Å². The van der Waals surface area contributed by atoms with Crippen LogP contribution in [0.15, 0.2) is 53.4 Å². The maximum atomic E-state index is 13.2. The first-order valence-electron chi connectivity index (χ1n) is 11.5. The summed E-state index contributed by atoms with van der Waals surface area (Å²) >= 11 is 12.2. The maximum absolute atomic E-state index is 13.2. The number of nitrogens with zero attached hydrogens (tertiary/aromatic N) is 2. The Labute approximate surface area is 218 Å². The van der Waals surface area contributed by atoms with E-state index in [1.807, 2.05) is 13.8 Å². The molecule has 0 unspecified atom stereocenters. The van der Waals surface area contributed by atoms with Gasteiger partial charge in [-0.15, -0.1) is 0 Å². The van der Waals surface area contributed by atoms with E-state index in [-0.39, 0.29) is 42.3 Å². The van der Waals surface area contributed by atoms with Gasteiger partial charge in [-0.1, -0.05) is 54.4 Å². The van der Waals surface area contributed by atoms with Crippen LogP contribution in [-0.2, 0) is 26.2 Å². The average molecular weight is 543 g/mol. The number of carbonyl (C=O) groups is 2. The zero-order valence-corrected chi connectivity index (χ0v) is 22.8. The van der Waals surface area contributed by atoms with Crippen LogP contribution in [0.1, 0.15) is 45.6 Å². The van der Waals surface area contributed by atoms with Crippen molar-refractivity contribution in [2.75, 3.05) is 13.6 Å². The lowest BCUT2D eigenvalue weighted by molar-refractivity contribution is -0.141. The summed E-state index contributed by atoms with van der Waals surface area (Å²) in [6.07, 6.45) is 1.15. The first-order valence-corrected chi connectivity index (χ1v) is 13.7. The van der Waals surface area contributed by atoms with Crippen molar-refractivity contribution in [2.24, 2.45) is 0 Å². The van der Waals surface area contributed by atoms with Gasteiger partial charge < -0.3 is 10.2 Å². The molecule has 0 bridgehead atoms. The van der Waals surface area contributed by atoms with Gasteiger partial charge in [0, 0.05) is 32.6 Å². The van der Waals surface area contributed by atoms with Gasteiger partial charge in [0.1, 0.15) is 6.04 Å². The van der Waals surface area contributed by atoms with Crippen LogP contribution in [0.3, 0.4) is 0 Å². The normalized spacial score (nSPS) is 13.3. The first kappa shape index (κ1) is 29.1. The highest BCUT2D eigenvalue weighted by molar-refractivity contribution is 7.89. The van der Waals surface area contributed by atoms with Crippen molar-refractivity contribution >= 4 is 45.0 Å². The van der Waals surface area contributed by atoms with E-state index in [1.54, 1.807) is 43.3 Å². The van der Waals surface area contributed by atoms with Crippen LogP contribution in [0.2, 0.25) is 10.0 Å². The molecule has 192 valence electrons. The van der Waals surface area contributed by atoms with Gasteiger partial charge in [0.05, 0.1) is 14.9 Å². The molecule has 0 fully saturated rings. The van der Waals surface area contributed by atoms with E-state index in [1.165, 1.54) is 28.4 Å². The zero-order chi connectivity index (χ0) is 26.2. The Hall–Kier alpha value is -2.13. The Balaban J connectivity index is 2.12. The molecule has 0 aromatic heterocycles. The second kappa shape index (κ2) is 13.3. The molecule has 0 saturated heterocycles. The molecule has 0 radical (unpaired) electrons. The number of amides is 2. The smallest absolute Gasteiger partial charge is 0.242 e. The summed E-state index contributed by atoms with van der Waals surface area (Å²) < 4.78 is 26.7. The minimum absolute atomic E-state index is 0.0243. The molecule has 1 N–H and O–H groups in total. The van der Waals surface area contributed by atoms with E-state index < -0.39 is 16.1 Å². The fourth-order valence-corrected chi connectivity index (χ4v) is 4.92. The summed E-state index contributed by atoms with van der Waals surface area (Å²) in [5, 5.41) is 3.68. The predicted octanol–water partition coefficient (Wildman–Crippen LogP) is 4.73. The Morgan fingerprint density at radius 3 is 2.29 bits per heavy atom. The number of hydrogen-bond acceptors (Lipinski definition) is 4. The summed E-state index contributed by atoms with van der Waals surface area (Å²) in [5.41, 5.74) is 0.736. The van der Waals surface area contributed by atoms with E-state index in [0.717, 1.165) is 12.0 Å². The summed E-state index contributed by atoms with van der Waals surface area (Å²) in [6.45, 7) is 5.88. The molecule has 2 aromatic carbocycles. The molecule has 10 heteroatoms. The van der Waals surface area contributed by atoms with E-state index in [4.69, 9.17) is 23.2 Å². The predicted molar refractivity (Wildman–Crippen MR) is 140 cm³/mol. The molecular weight excluding hydrogens is 509 g/mol. The van der Waals surface area contributed by atoms with Crippen molar-refractivity contribution in [2.45, 2.75) is 63.6 Å². The highest BCUT2D eigenvalue weighted by atomic mass is 35.5. The average Bonchev–Trinajstić information content (AvgIpc) is 2.84. The standard InChI is InChI=1S/C25H33Cl2N3O4S/c1-5-18(2)28-25(32)19(3)30(17-20-13-14-22(26)23(27)16-20)24(31)12-9-15-29(4)35(33,34)21-10-7-6-8-11-21/h6-8,10-11,13-14,16,18-19H,5,9,12,15,17H2,1-4H3,(H,28,32)/t18-,19+/m1/s1. The van der Waals surface area contributed by atoms with Crippen LogP contribution in [-0.4, -0.2) is 55.1 Å². The van der Waals surface area contributed by atoms with Crippen LogP contribution in [0.5, 0.6) is 0 Å². The van der Waals surface area contributed by atoms with Gasteiger partial charge in [0.2, 0.25) is 21.8 Å².